The third kappa shape index (κ3) is 2.76. The smallest absolute Gasteiger partial charge is 0.167 e. The first-order chi connectivity index (χ1) is 7.86. The van der Waals surface area contributed by atoms with Crippen LogP contribution in [0.4, 0.5) is 0 Å². The second-order valence-electron chi connectivity index (χ2n) is 3.48. The number of rotatable bonds is 5. The molecule has 0 bridgehead atoms. The van der Waals surface area contributed by atoms with Gasteiger partial charge < -0.3 is 9.15 Å². The lowest BCUT2D eigenvalue weighted by atomic mass is 10.2. The van der Waals surface area contributed by atoms with E-state index in [1.54, 1.807) is 6.26 Å². The Morgan fingerprint density at radius 3 is 2.62 bits per heavy atom. The summed E-state index contributed by atoms with van der Waals surface area (Å²) in [5.74, 6) is 1.27. The molecule has 82 valence electrons. The second-order valence-corrected chi connectivity index (χ2v) is 3.48. The Morgan fingerprint density at radius 1 is 1.12 bits per heavy atom. The van der Waals surface area contributed by atoms with Gasteiger partial charge in [0.2, 0.25) is 0 Å². The molecule has 2 rings (SSSR count). The maximum atomic E-state index is 5.50. The molecule has 0 aliphatic carbocycles. The van der Waals surface area contributed by atoms with Gasteiger partial charge in [0.25, 0.3) is 0 Å². The molecule has 0 N–H and O–H groups in total. The van der Waals surface area contributed by atoms with Gasteiger partial charge in [-0.25, -0.2) is 0 Å². The zero-order valence-electron chi connectivity index (χ0n) is 9.06. The van der Waals surface area contributed by atoms with Crippen molar-refractivity contribution in [2.45, 2.75) is 6.42 Å². The van der Waals surface area contributed by atoms with Crippen molar-refractivity contribution in [2.24, 2.45) is 0 Å². The molecule has 1 heterocycles. The minimum Gasteiger partial charge on any atom is -0.490 e. The van der Waals surface area contributed by atoms with Crippen LogP contribution in [0.25, 0.3) is 5.76 Å². The van der Waals surface area contributed by atoms with Crippen molar-refractivity contribution in [2.75, 3.05) is 6.61 Å². The van der Waals surface area contributed by atoms with Crippen molar-refractivity contribution in [1.29, 1.82) is 0 Å². The van der Waals surface area contributed by atoms with Gasteiger partial charge in [-0.05, 0) is 17.7 Å². The van der Waals surface area contributed by atoms with E-state index in [1.807, 2.05) is 30.3 Å². The Bertz CT molecular complexity index is 429. The summed E-state index contributed by atoms with van der Waals surface area (Å²) in [6.45, 7) is 4.43. The van der Waals surface area contributed by atoms with Gasteiger partial charge in [-0.1, -0.05) is 36.9 Å². The van der Waals surface area contributed by atoms with Crippen LogP contribution in [-0.4, -0.2) is 6.61 Å². The lowest BCUT2D eigenvalue weighted by Crippen LogP contribution is -1.97. The third-order valence-corrected chi connectivity index (χ3v) is 2.31. The molecule has 1 aromatic heterocycles. The molecule has 0 atom stereocenters. The average Bonchev–Trinajstić information content (AvgIpc) is 2.84. The summed E-state index contributed by atoms with van der Waals surface area (Å²) in [6.07, 6.45) is 2.49. The van der Waals surface area contributed by atoms with Crippen LogP contribution in [0.15, 0.2) is 59.7 Å². The van der Waals surface area contributed by atoms with Crippen molar-refractivity contribution in [3.05, 3.63) is 66.6 Å². The van der Waals surface area contributed by atoms with E-state index in [2.05, 4.69) is 18.7 Å². The molecule has 0 saturated heterocycles. The zero-order valence-corrected chi connectivity index (χ0v) is 9.06. The van der Waals surface area contributed by atoms with E-state index in [1.165, 1.54) is 5.56 Å². The van der Waals surface area contributed by atoms with Gasteiger partial charge in [0.1, 0.15) is 0 Å². The van der Waals surface area contributed by atoms with Crippen LogP contribution < -0.4 is 0 Å². The third-order valence-electron chi connectivity index (χ3n) is 2.31. The molecule has 0 aliphatic rings. The molecule has 0 fully saturated rings. The molecule has 2 nitrogen and oxygen atoms in total. The Balaban J connectivity index is 1.79. The fourth-order valence-corrected chi connectivity index (χ4v) is 1.45. The van der Waals surface area contributed by atoms with Gasteiger partial charge in [0, 0.05) is 6.42 Å². The van der Waals surface area contributed by atoms with Crippen LogP contribution in [0.1, 0.15) is 11.3 Å². The summed E-state index contributed by atoms with van der Waals surface area (Å²) in [7, 11) is 0. The van der Waals surface area contributed by atoms with Crippen LogP contribution in [0.3, 0.4) is 0 Å². The van der Waals surface area contributed by atoms with Crippen molar-refractivity contribution in [3.63, 3.8) is 0 Å². The molecular weight excluding hydrogens is 200 g/mol. The van der Waals surface area contributed by atoms with E-state index in [0.717, 1.165) is 6.42 Å². The summed E-state index contributed by atoms with van der Waals surface area (Å²) >= 11 is 0. The van der Waals surface area contributed by atoms with Gasteiger partial charge in [0.15, 0.2) is 11.5 Å². The predicted molar refractivity (Wildman–Crippen MR) is 63.8 cm³/mol. The van der Waals surface area contributed by atoms with E-state index < -0.39 is 0 Å². The summed E-state index contributed by atoms with van der Waals surface area (Å²) in [6, 6.07) is 13.9. The minimum atomic E-state index is 0.584. The number of hydrogen-bond acceptors (Lipinski definition) is 2. The molecule has 1 aromatic carbocycles. The van der Waals surface area contributed by atoms with Crippen molar-refractivity contribution < 1.29 is 9.15 Å². The van der Waals surface area contributed by atoms with Gasteiger partial charge in [-0.2, -0.15) is 0 Å². The highest BCUT2D eigenvalue weighted by atomic mass is 16.5. The molecule has 0 amide bonds. The maximum absolute atomic E-state index is 5.50. The summed E-state index contributed by atoms with van der Waals surface area (Å²) < 4.78 is 10.7. The summed E-state index contributed by atoms with van der Waals surface area (Å²) in [5, 5.41) is 0. The predicted octanol–water partition coefficient (Wildman–Crippen LogP) is 3.51. The van der Waals surface area contributed by atoms with Gasteiger partial charge >= 0.3 is 0 Å². The standard InChI is InChI=1S/C14H14O2/c1-12(14-8-5-10-16-14)15-11-9-13-6-3-2-4-7-13/h2-8,10H,1,9,11H2. The van der Waals surface area contributed by atoms with Crippen molar-refractivity contribution in [3.8, 4) is 0 Å². The average molecular weight is 214 g/mol. The zero-order chi connectivity index (χ0) is 11.2. The molecule has 16 heavy (non-hydrogen) atoms. The first kappa shape index (κ1) is 10.6. The first-order valence-corrected chi connectivity index (χ1v) is 5.26. The molecule has 0 radical (unpaired) electrons. The van der Waals surface area contributed by atoms with Crippen LogP contribution in [0.5, 0.6) is 0 Å². The number of benzene rings is 1. The molecule has 0 spiro atoms. The monoisotopic (exact) mass is 214 g/mol. The molecule has 2 aromatic rings. The van der Waals surface area contributed by atoms with Crippen molar-refractivity contribution >= 4 is 5.76 Å². The van der Waals surface area contributed by atoms with E-state index >= 15 is 0 Å². The summed E-state index contributed by atoms with van der Waals surface area (Å²) in [4.78, 5) is 0. The number of hydrogen-bond donors (Lipinski definition) is 0. The van der Waals surface area contributed by atoms with Gasteiger partial charge in [-0.15, -0.1) is 0 Å². The first-order valence-electron chi connectivity index (χ1n) is 5.26. The molecular formula is C14H14O2. The largest absolute Gasteiger partial charge is 0.490 e. The van der Waals surface area contributed by atoms with Crippen LogP contribution >= 0.6 is 0 Å². The van der Waals surface area contributed by atoms with Crippen LogP contribution in [0, 0.1) is 0 Å². The van der Waals surface area contributed by atoms with Crippen LogP contribution in [-0.2, 0) is 11.2 Å². The van der Waals surface area contributed by atoms with E-state index in [0.29, 0.717) is 18.1 Å². The Labute approximate surface area is 95.2 Å². The van der Waals surface area contributed by atoms with Crippen LogP contribution in [0.2, 0.25) is 0 Å². The van der Waals surface area contributed by atoms with Crippen molar-refractivity contribution in [1.82, 2.24) is 0 Å². The fourth-order valence-electron chi connectivity index (χ4n) is 1.45. The minimum absolute atomic E-state index is 0.584. The lowest BCUT2D eigenvalue weighted by Gasteiger charge is -2.06. The maximum Gasteiger partial charge on any atom is 0.167 e. The molecule has 0 aliphatic heterocycles. The molecule has 0 saturated carbocycles. The van der Waals surface area contributed by atoms with Gasteiger partial charge in [0.05, 0.1) is 12.9 Å². The normalized spacial score (nSPS) is 10.0. The SMILES string of the molecule is C=C(OCCc1ccccc1)c1ccco1. The fraction of sp³-hybridized carbons (Fsp3) is 0.143. The summed E-state index contributed by atoms with van der Waals surface area (Å²) in [5.41, 5.74) is 1.26. The highest BCUT2D eigenvalue weighted by Crippen LogP contribution is 2.14. The highest BCUT2D eigenvalue weighted by molar-refractivity contribution is 5.51. The number of furan rings is 1. The Hall–Kier alpha value is -1.96. The Kier molecular flexibility index (Phi) is 3.44. The van der Waals surface area contributed by atoms with E-state index in [4.69, 9.17) is 9.15 Å². The second kappa shape index (κ2) is 5.21. The van der Waals surface area contributed by atoms with E-state index in [9.17, 15) is 0 Å². The van der Waals surface area contributed by atoms with Gasteiger partial charge in [-0.3, -0.25) is 0 Å². The molecule has 0 unspecified atom stereocenters. The lowest BCUT2D eigenvalue weighted by molar-refractivity contribution is 0.272. The van der Waals surface area contributed by atoms with E-state index in [-0.39, 0.29) is 0 Å². The number of ether oxygens (including phenoxy) is 1. The quantitative estimate of drug-likeness (QED) is 0.711. The Morgan fingerprint density at radius 2 is 1.94 bits per heavy atom. The molecule has 2 heteroatoms. The topological polar surface area (TPSA) is 22.4 Å². The highest BCUT2D eigenvalue weighted by Gasteiger charge is 2.02.